The summed E-state index contributed by atoms with van der Waals surface area (Å²) in [6.45, 7) is 0.737. The van der Waals surface area contributed by atoms with Crippen molar-refractivity contribution in [1.82, 2.24) is 4.90 Å². The lowest BCUT2D eigenvalue weighted by Crippen LogP contribution is -2.31. The molecule has 0 aliphatic heterocycles. The normalized spacial score (nSPS) is 17.1. The molecule has 1 fully saturated rings. The van der Waals surface area contributed by atoms with Crippen LogP contribution in [-0.4, -0.2) is 31.9 Å². The van der Waals surface area contributed by atoms with Crippen LogP contribution in [0, 0.1) is 5.92 Å². The summed E-state index contributed by atoms with van der Waals surface area (Å²) in [5, 5.41) is 0. The van der Waals surface area contributed by atoms with E-state index in [1.807, 2.05) is 12.1 Å². The number of amidine groups is 1. The maximum atomic E-state index is 5.27. The minimum Gasteiger partial charge on any atom is -0.497 e. The molecule has 0 aromatic heterocycles. The van der Waals surface area contributed by atoms with Crippen LogP contribution in [0.4, 0.5) is 0 Å². The molecular formula is C17H26N2O. The summed E-state index contributed by atoms with van der Waals surface area (Å²) in [6, 6.07) is 8.18. The Morgan fingerprint density at radius 3 is 2.65 bits per heavy atom. The maximum Gasteiger partial charge on any atom is 0.119 e. The SMILES string of the molecule is COc1cccc(CN=C(C2CCCCC2)N(C)C)c1. The smallest absolute Gasteiger partial charge is 0.119 e. The fourth-order valence-corrected chi connectivity index (χ4v) is 2.94. The Morgan fingerprint density at radius 1 is 1.25 bits per heavy atom. The lowest BCUT2D eigenvalue weighted by atomic mass is 9.88. The fraction of sp³-hybridized carbons (Fsp3) is 0.588. The predicted molar refractivity (Wildman–Crippen MR) is 84.4 cm³/mol. The van der Waals surface area contributed by atoms with Crippen molar-refractivity contribution in [3.8, 4) is 5.75 Å². The van der Waals surface area contributed by atoms with Gasteiger partial charge in [0.05, 0.1) is 13.7 Å². The minimum absolute atomic E-state index is 0.643. The number of nitrogens with zero attached hydrogens (tertiary/aromatic N) is 2. The molecule has 2 rings (SSSR count). The van der Waals surface area contributed by atoms with Crippen molar-refractivity contribution in [1.29, 1.82) is 0 Å². The molecule has 1 aromatic carbocycles. The van der Waals surface area contributed by atoms with Gasteiger partial charge in [-0.05, 0) is 30.5 Å². The summed E-state index contributed by atoms with van der Waals surface area (Å²) < 4.78 is 5.27. The third-order valence-corrected chi connectivity index (χ3v) is 3.99. The van der Waals surface area contributed by atoms with Gasteiger partial charge in [0, 0.05) is 20.0 Å². The Bertz CT molecular complexity index is 448. The Morgan fingerprint density at radius 2 is 2.00 bits per heavy atom. The molecule has 0 bridgehead atoms. The maximum absolute atomic E-state index is 5.27. The Labute approximate surface area is 122 Å². The first kappa shape index (κ1) is 14.9. The van der Waals surface area contributed by atoms with E-state index in [9.17, 15) is 0 Å². The molecule has 1 saturated carbocycles. The molecule has 0 heterocycles. The standard InChI is InChI=1S/C17H26N2O/c1-19(2)17(15-9-5-4-6-10-15)18-13-14-8-7-11-16(12-14)20-3/h7-8,11-12,15H,4-6,9-10,13H2,1-3H3. The number of aliphatic imine (C=N–C) groups is 1. The van der Waals surface area contributed by atoms with Crippen LogP contribution in [0.2, 0.25) is 0 Å². The van der Waals surface area contributed by atoms with Gasteiger partial charge in [0.15, 0.2) is 0 Å². The Hall–Kier alpha value is -1.51. The van der Waals surface area contributed by atoms with E-state index < -0.39 is 0 Å². The second-order valence-electron chi connectivity index (χ2n) is 5.76. The molecule has 0 amide bonds. The summed E-state index contributed by atoms with van der Waals surface area (Å²) in [6.07, 6.45) is 6.64. The third-order valence-electron chi connectivity index (χ3n) is 3.99. The van der Waals surface area contributed by atoms with E-state index in [0.29, 0.717) is 5.92 Å². The Balaban J connectivity index is 2.08. The van der Waals surface area contributed by atoms with Crippen molar-refractivity contribution in [3.05, 3.63) is 29.8 Å². The number of rotatable bonds is 4. The van der Waals surface area contributed by atoms with E-state index in [4.69, 9.17) is 9.73 Å². The lowest BCUT2D eigenvalue weighted by molar-refractivity contribution is 0.406. The summed E-state index contributed by atoms with van der Waals surface area (Å²) in [7, 11) is 5.92. The average Bonchev–Trinajstić information content (AvgIpc) is 2.48. The highest BCUT2D eigenvalue weighted by Crippen LogP contribution is 2.26. The molecular weight excluding hydrogens is 248 g/mol. The van der Waals surface area contributed by atoms with Gasteiger partial charge in [0.1, 0.15) is 11.6 Å². The third kappa shape index (κ3) is 3.99. The summed E-state index contributed by atoms with van der Waals surface area (Å²) in [5.74, 6) is 2.80. The van der Waals surface area contributed by atoms with Crippen LogP contribution >= 0.6 is 0 Å². The molecule has 3 nitrogen and oxygen atoms in total. The molecule has 20 heavy (non-hydrogen) atoms. The van der Waals surface area contributed by atoms with Crippen LogP contribution in [0.1, 0.15) is 37.7 Å². The molecule has 0 N–H and O–H groups in total. The van der Waals surface area contributed by atoms with Crippen molar-refractivity contribution >= 4 is 5.84 Å². The highest BCUT2D eigenvalue weighted by Gasteiger charge is 2.20. The zero-order valence-corrected chi connectivity index (χ0v) is 12.9. The zero-order chi connectivity index (χ0) is 14.4. The first-order valence-corrected chi connectivity index (χ1v) is 7.55. The van der Waals surface area contributed by atoms with E-state index in [2.05, 4.69) is 31.1 Å². The van der Waals surface area contributed by atoms with Crippen molar-refractivity contribution < 1.29 is 4.74 Å². The summed E-state index contributed by atoms with van der Waals surface area (Å²) >= 11 is 0. The molecule has 0 atom stereocenters. The van der Waals surface area contributed by atoms with Crippen LogP contribution in [-0.2, 0) is 6.54 Å². The van der Waals surface area contributed by atoms with E-state index in [1.165, 1.54) is 43.5 Å². The number of benzene rings is 1. The van der Waals surface area contributed by atoms with E-state index >= 15 is 0 Å². The first-order chi connectivity index (χ1) is 9.70. The molecule has 1 aliphatic rings. The number of hydrogen-bond acceptors (Lipinski definition) is 2. The molecule has 3 heteroatoms. The highest BCUT2D eigenvalue weighted by atomic mass is 16.5. The van der Waals surface area contributed by atoms with Gasteiger partial charge in [-0.1, -0.05) is 31.4 Å². The monoisotopic (exact) mass is 274 g/mol. The zero-order valence-electron chi connectivity index (χ0n) is 12.9. The number of ether oxygens (including phenoxy) is 1. The second kappa shape index (κ2) is 7.32. The van der Waals surface area contributed by atoms with Crippen molar-refractivity contribution in [2.24, 2.45) is 10.9 Å². The summed E-state index contributed by atoms with van der Waals surface area (Å²) in [5.41, 5.74) is 1.21. The van der Waals surface area contributed by atoms with Gasteiger partial charge in [-0.15, -0.1) is 0 Å². The fourth-order valence-electron chi connectivity index (χ4n) is 2.94. The van der Waals surface area contributed by atoms with Crippen LogP contribution in [0.25, 0.3) is 0 Å². The number of hydrogen-bond donors (Lipinski definition) is 0. The van der Waals surface area contributed by atoms with E-state index in [0.717, 1.165) is 12.3 Å². The van der Waals surface area contributed by atoms with Crippen LogP contribution < -0.4 is 4.74 Å². The summed E-state index contributed by atoms with van der Waals surface area (Å²) in [4.78, 5) is 7.07. The topological polar surface area (TPSA) is 24.8 Å². The largest absolute Gasteiger partial charge is 0.497 e. The van der Waals surface area contributed by atoms with Gasteiger partial charge < -0.3 is 9.64 Å². The highest BCUT2D eigenvalue weighted by molar-refractivity contribution is 5.84. The van der Waals surface area contributed by atoms with Gasteiger partial charge >= 0.3 is 0 Å². The van der Waals surface area contributed by atoms with Gasteiger partial charge in [-0.3, -0.25) is 4.99 Å². The first-order valence-electron chi connectivity index (χ1n) is 7.55. The molecule has 0 saturated heterocycles. The van der Waals surface area contributed by atoms with Gasteiger partial charge in [0.25, 0.3) is 0 Å². The van der Waals surface area contributed by atoms with E-state index in [-0.39, 0.29) is 0 Å². The minimum atomic E-state index is 0.643. The molecule has 0 spiro atoms. The van der Waals surface area contributed by atoms with Crippen LogP contribution in [0.5, 0.6) is 5.75 Å². The predicted octanol–water partition coefficient (Wildman–Crippen LogP) is 3.74. The van der Waals surface area contributed by atoms with Crippen molar-refractivity contribution in [3.63, 3.8) is 0 Å². The van der Waals surface area contributed by atoms with Gasteiger partial charge in [-0.25, -0.2) is 0 Å². The van der Waals surface area contributed by atoms with Gasteiger partial charge in [-0.2, -0.15) is 0 Å². The van der Waals surface area contributed by atoms with Crippen LogP contribution in [0.15, 0.2) is 29.3 Å². The van der Waals surface area contributed by atoms with Crippen molar-refractivity contribution in [2.45, 2.75) is 38.6 Å². The van der Waals surface area contributed by atoms with E-state index in [1.54, 1.807) is 7.11 Å². The lowest BCUT2D eigenvalue weighted by Gasteiger charge is -2.28. The van der Waals surface area contributed by atoms with Gasteiger partial charge in [0.2, 0.25) is 0 Å². The molecule has 0 unspecified atom stereocenters. The molecule has 1 aromatic rings. The molecule has 1 aliphatic carbocycles. The quantitative estimate of drug-likeness (QED) is 0.617. The molecule has 0 radical (unpaired) electrons. The second-order valence-corrected chi connectivity index (χ2v) is 5.76. The van der Waals surface area contributed by atoms with Crippen LogP contribution in [0.3, 0.4) is 0 Å². The number of methoxy groups -OCH3 is 1. The average molecular weight is 274 g/mol. The molecule has 110 valence electrons. The Kier molecular flexibility index (Phi) is 5.45. The van der Waals surface area contributed by atoms with Crippen molar-refractivity contribution in [2.75, 3.05) is 21.2 Å².